The highest BCUT2D eigenvalue weighted by atomic mass is 32.2. The third-order valence-corrected chi connectivity index (χ3v) is 14.2. The largest absolute Gasteiger partial charge is 0.497 e. The summed E-state index contributed by atoms with van der Waals surface area (Å²) in [5.41, 5.74) is -2.84. The van der Waals surface area contributed by atoms with E-state index in [1.54, 1.807) is 31.2 Å². The first-order valence-corrected chi connectivity index (χ1v) is 20.8. The van der Waals surface area contributed by atoms with E-state index in [1.165, 1.54) is 18.9 Å². The van der Waals surface area contributed by atoms with E-state index in [9.17, 15) is 40.8 Å². The van der Waals surface area contributed by atoms with Crippen LogP contribution >= 0.6 is 0 Å². The summed E-state index contributed by atoms with van der Waals surface area (Å²) in [6, 6.07) is 2.45. The molecule has 0 radical (unpaired) electrons. The minimum atomic E-state index is -4.81. The van der Waals surface area contributed by atoms with Crippen LogP contribution in [0.1, 0.15) is 89.7 Å². The zero-order chi connectivity index (χ0) is 41.0. The van der Waals surface area contributed by atoms with Crippen LogP contribution in [0.5, 0.6) is 11.6 Å². The molecule has 1 unspecified atom stereocenters. The molecule has 310 valence electrons. The summed E-state index contributed by atoms with van der Waals surface area (Å²) < 4.78 is 85.7. The first-order valence-electron chi connectivity index (χ1n) is 19.3. The van der Waals surface area contributed by atoms with Crippen LogP contribution in [0, 0.1) is 12.8 Å². The lowest BCUT2D eigenvalue weighted by molar-refractivity contribution is -0.284. The Morgan fingerprint density at radius 1 is 1.04 bits per heavy atom. The molecule has 5 aliphatic rings. The van der Waals surface area contributed by atoms with E-state index in [4.69, 9.17) is 14.2 Å². The van der Waals surface area contributed by atoms with E-state index < -0.39 is 92.8 Å². The van der Waals surface area contributed by atoms with E-state index in [0.717, 1.165) is 0 Å². The summed E-state index contributed by atoms with van der Waals surface area (Å²) in [6.07, 6.45) is -1.03. The zero-order valence-corrected chi connectivity index (χ0v) is 32.8. The normalized spacial score (nSPS) is 28.9. The topological polar surface area (TPSA) is 195 Å². The highest BCUT2D eigenvalue weighted by Gasteiger charge is 2.64. The molecule has 3 saturated carbocycles. The number of alkyl halides is 3. The number of alkyl carbamates (subject to hydrolysis) is 1. The van der Waals surface area contributed by atoms with Crippen molar-refractivity contribution in [2.45, 2.75) is 131 Å². The molecule has 3 aliphatic carbocycles. The number of hydrogen-bond acceptors (Lipinski definition) is 11. The van der Waals surface area contributed by atoms with Gasteiger partial charge in [-0.2, -0.15) is 13.2 Å². The second kappa shape index (κ2) is 14.9. The average molecular weight is 821 g/mol. The number of rotatable bonds is 8. The number of amides is 4. The SMILES string of the molecule is COc1ccc2nc(C)c(O[C@@H]3C[C@H]4C(=O)N[C@]5(C(=O)NS(=O)(=O)C6(C)CC6)CC5/C=C\CCCCC[C@H](NC(=O)OC5(C(F)(F)F)CCC5)C(=O)N4C3)nc2c1. The number of nitrogens with zero attached hydrogens (tertiary/aromatic N) is 3. The fraction of sp³-hybridized carbons (Fsp3) is 0.632. The molecule has 1 aromatic heterocycles. The van der Waals surface area contributed by atoms with Gasteiger partial charge in [0.2, 0.25) is 33.3 Å². The summed E-state index contributed by atoms with van der Waals surface area (Å²) in [6.45, 7) is 3.01. The van der Waals surface area contributed by atoms with Crippen molar-refractivity contribution >= 4 is 44.9 Å². The Hall–Kier alpha value is -4.68. The van der Waals surface area contributed by atoms with Crippen LogP contribution in [-0.2, 0) is 29.1 Å². The van der Waals surface area contributed by atoms with Gasteiger partial charge in [0.25, 0.3) is 5.91 Å². The molecule has 4 amide bonds. The van der Waals surface area contributed by atoms with E-state index in [1.807, 2.05) is 6.08 Å². The van der Waals surface area contributed by atoms with Crippen LogP contribution in [-0.4, -0.2) is 101 Å². The number of ether oxygens (including phenoxy) is 3. The highest BCUT2D eigenvalue weighted by molar-refractivity contribution is 7.91. The third-order valence-electron chi connectivity index (χ3n) is 12.0. The molecule has 2 aliphatic heterocycles. The molecular formula is C38H47F3N6O9S. The predicted octanol–water partition coefficient (Wildman–Crippen LogP) is 4.27. The molecule has 1 aromatic carbocycles. The molecule has 0 bridgehead atoms. The van der Waals surface area contributed by atoms with Crippen molar-refractivity contribution < 1.29 is 55.0 Å². The molecule has 15 nitrogen and oxygen atoms in total. The molecule has 57 heavy (non-hydrogen) atoms. The number of methoxy groups -OCH3 is 1. The highest BCUT2D eigenvalue weighted by Crippen LogP contribution is 2.49. The molecule has 5 atom stereocenters. The molecule has 3 heterocycles. The Morgan fingerprint density at radius 3 is 2.46 bits per heavy atom. The van der Waals surface area contributed by atoms with Gasteiger partial charge in [0.05, 0.1) is 29.4 Å². The van der Waals surface area contributed by atoms with Crippen molar-refractivity contribution in [1.82, 2.24) is 30.2 Å². The lowest BCUT2D eigenvalue weighted by Gasteiger charge is -2.42. The second-order valence-electron chi connectivity index (χ2n) is 16.1. The van der Waals surface area contributed by atoms with Gasteiger partial charge in [0.15, 0.2) is 0 Å². The predicted molar refractivity (Wildman–Crippen MR) is 197 cm³/mol. The van der Waals surface area contributed by atoms with Gasteiger partial charge < -0.3 is 29.7 Å². The van der Waals surface area contributed by atoms with Gasteiger partial charge in [-0.15, -0.1) is 0 Å². The molecule has 0 spiro atoms. The number of aromatic nitrogens is 2. The number of benzene rings is 1. The number of carbonyl (C=O) groups is 4. The molecule has 19 heteroatoms. The minimum Gasteiger partial charge on any atom is -0.497 e. The first-order chi connectivity index (χ1) is 26.9. The molecule has 1 saturated heterocycles. The molecule has 3 N–H and O–H groups in total. The lowest BCUT2D eigenvalue weighted by atomic mass is 9.79. The Balaban J connectivity index is 1.18. The number of sulfonamides is 1. The molecular weight excluding hydrogens is 774 g/mol. The van der Waals surface area contributed by atoms with E-state index in [2.05, 4.69) is 25.3 Å². The summed E-state index contributed by atoms with van der Waals surface area (Å²) in [4.78, 5) is 66.2. The number of nitrogens with one attached hydrogen (secondary N) is 3. The number of halogens is 3. The van der Waals surface area contributed by atoms with Crippen LogP contribution in [0.2, 0.25) is 0 Å². The van der Waals surface area contributed by atoms with Crippen molar-refractivity contribution in [2.24, 2.45) is 5.92 Å². The van der Waals surface area contributed by atoms with Crippen molar-refractivity contribution in [2.75, 3.05) is 13.7 Å². The second-order valence-corrected chi connectivity index (χ2v) is 18.3. The first kappa shape index (κ1) is 40.5. The van der Waals surface area contributed by atoms with Gasteiger partial charge in [-0.05, 0) is 83.8 Å². The van der Waals surface area contributed by atoms with E-state index >= 15 is 0 Å². The maximum Gasteiger partial charge on any atom is 0.428 e. The van der Waals surface area contributed by atoms with Crippen molar-refractivity contribution in [3.63, 3.8) is 0 Å². The number of hydrogen-bond donors (Lipinski definition) is 3. The van der Waals surface area contributed by atoms with E-state index in [0.29, 0.717) is 61.0 Å². The summed E-state index contributed by atoms with van der Waals surface area (Å²) in [7, 11) is -2.56. The summed E-state index contributed by atoms with van der Waals surface area (Å²) in [5.74, 6) is -2.31. The van der Waals surface area contributed by atoms with Crippen LogP contribution in [0.4, 0.5) is 18.0 Å². The van der Waals surface area contributed by atoms with Gasteiger partial charge >= 0.3 is 12.3 Å². The number of carbonyl (C=O) groups excluding carboxylic acids is 4. The number of aryl methyl sites for hydroxylation is 1. The van der Waals surface area contributed by atoms with Crippen molar-refractivity contribution in [1.29, 1.82) is 0 Å². The Bertz CT molecular complexity index is 2090. The average Bonchev–Trinajstić information content (AvgIpc) is 4.01. The van der Waals surface area contributed by atoms with Gasteiger partial charge in [-0.1, -0.05) is 25.0 Å². The number of fused-ring (bicyclic) bond motifs is 3. The minimum absolute atomic E-state index is 0.0374. The van der Waals surface area contributed by atoms with Crippen LogP contribution in [0.3, 0.4) is 0 Å². The summed E-state index contributed by atoms with van der Waals surface area (Å²) >= 11 is 0. The van der Waals surface area contributed by atoms with Crippen LogP contribution < -0.4 is 24.8 Å². The van der Waals surface area contributed by atoms with Crippen molar-refractivity contribution in [3.05, 3.63) is 36.0 Å². The fourth-order valence-corrected chi connectivity index (χ4v) is 9.05. The monoisotopic (exact) mass is 820 g/mol. The quantitative estimate of drug-likeness (QED) is 0.322. The Morgan fingerprint density at radius 2 is 1.79 bits per heavy atom. The Labute approximate surface area is 327 Å². The van der Waals surface area contributed by atoms with Gasteiger partial charge in [0, 0.05) is 18.4 Å². The maximum absolute atomic E-state index is 14.5. The van der Waals surface area contributed by atoms with Gasteiger partial charge in [-0.25, -0.2) is 23.2 Å². The third kappa shape index (κ3) is 7.95. The Kier molecular flexibility index (Phi) is 10.6. The van der Waals surface area contributed by atoms with Gasteiger partial charge in [-0.3, -0.25) is 19.1 Å². The van der Waals surface area contributed by atoms with Crippen LogP contribution in [0.25, 0.3) is 11.0 Å². The van der Waals surface area contributed by atoms with Crippen LogP contribution in [0.15, 0.2) is 30.4 Å². The smallest absolute Gasteiger partial charge is 0.428 e. The molecule has 4 fully saturated rings. The van der Waals surface area contributed by atoms with Crippen molar-refractivity contribution in [3.8, 4) is 11.6 Å². The fourth-order valence-electron chi connectivity index (χ4n) is 7.74. The number of allylic oxidation sites excluding steroid dienone is 1. The molecule has 2 aromatic rings. The standard InChI is InChI=1S/C38H47F3N6O9S/c1-22-31(43-28-18-24(54-3)12-13-26(28)42-22)55-25-19-29-30(48)45-37(33(50)46-57(52,53)35(2)16-17-35)20-23(37)10-7-5-4-6-8-11-27(32(49)47(29)21-25)44-34(51)56-36(14-9-15-36)38(39,40)41/h7,10,12-13,18,23,25,27,29H,4-6,8-9,11,14-17,19-21H2,1-3H3,(H,44,51)(H,45,48)(H,46,50)/b10-7-/t23?,25-,27+,29+,37-/m1/s1. The molecule has 7 rings (SSSR count). The van der Waals surface area contributed by atoms with E-state index in [-0.39, 0.29) is 38.1 Å². The zero-order valence-electron chi connectivity index (χ0n) is 31.9. The maximum atomic E-state index is 14.5. The van der Waals surface area contributed by atoms with Gasteiger partial charge in [0.1, 0.15) is 35.2 Å². The lowest BCUT2D eigenvalue weighted by Crippen LogP contribution is -2.59. The summed E-state index contributed by atoms with van der Waals surface area (Å²) in [5, 5.41) is 5.15.